The second-order valence-corrected chi connectivity index (χ2v) is 5.76. The number of nitrogens with one attached hydrogen (secondary N) is 1. The largest absolute Gasteiger partial charge is 0.496 e. The van der Waals surface area contributed by atoms with E-state index in [0.717, 1.165) is 5.56 Å². The van der Waals surface area contributed by atoms with E-state index in [4.69, 9.17) is 4.74 Å². The number of para-hydroxylation sites is 1. The Morgan fingerprint density at radius 2 is 1.76 bits per heavy atom. The first-order valence-corrected chi connectivity index (χ1v) is 7.92. The van der Waals surface area contributed by atoms with Crippen LogP contribution in [0.1, 0.15) is 29.0 Å². The van der Waals surface area contributed by atoms with Gasteiger partial charge in [-0.3, -0.25) is 9.59 Å². The molecule has 6 nitrogen and oxygen atoms in total. The van der Waals surface area contributed by atoms with E-state index >= 15 is 0 Å². The molecule has 1 atom stereocenters. The summed E-state index contributed by atoms with van der Waals surface area (Å²) < 4.78 is 6.53. The predicted octanol–water partition coefficient (Wildman–Crippen LogP) is 2.43. The molecule has 0 saturated carbocycles. The van der Waals surface area contributed by atoms with Crippen molar-refractivity contribution in [3.8, 4) is 5.75 Å². The molecule has 1 heterocycles. The summed E-state index contributed by atoms with van der Waals surface area (Å²) >= 11 is 0. The maximum absolute atomic E-state index is 12.8. The fourth-order valence-electron chi connectivity index (χ4n) is 2.83. The zero-order valence-electron chi connectivity index (χ0n) is 14.3. The van der Waals surface area contributed by atoms with E-state index in [1.807, 2.05) is 31.2 Å². The molecule has 0 radical (unpaired) electrons. The summed E-state index contributed by atoms with van der Waals surface area (Å²) in [6, 6.07) is 14.2. The van der Waals surface area contributed by atoms with Crippen molar-refractivity contribution in [2.24, 2.45) is 7.05 Å². The van der Waals surface area contributed by atoms with Crippen LogP contribution >= 0.6 is 0 Å². The van der Waals surface area contributed by atoms with Crippen molar-refractivity contribution < 1.29 is 9.53 Å². The fourth-order valence-corrected chi connectivity index (χ4v) is 2.83. The number of nitrogens with zero attached hydrogens (tertiary/aromatic N) is 2. The lowest BCUT2D eigenvalue weighted by Crippen LogP contribution is -2.31. The van der Waals surface area contributed by atoms with Gasteiger partial charge in [-0.2, -0.15) is 5.10 Å². The number of aromatic nitrogens is 2. The fraction of sp³-hybridized carbons (Fsp3) is 0.211. The van der Waals surface area contributed by atoms with Gasteiger partial charge in [0, 0.05) is 18.0 Å². The summed E-state index contributed by atoms with van der Waals surface area (Å²) in [5.74, 6) is 0.360. The van der Waals surface area contributed by atoms with Gasteiger partial charge in [0.05, 0.1) is 18.5 Å². The first-order valence-electron chi connectivity index (χ1n) is 7.92. The molecule has 0 aliphatic carbocycles. The van der Waals surface area contributed by atoms with E-state index in [1.165, 1.54) is 11.7 Å². The maximum atomic E-state index is 12.8. The Balaban J connectivity index is 1.98. The third-order valence-corrected chi connectivity index (χ3v) is 4.12. The number of benzene rings is 2. The molecule has 6 heteroatoms. The SMILES string of the molecule is COc1ccccc1C(C)NC(=O)c1nn(C)c(=O)c2ccccc12. The summed E-state index contributed by atoms with van der Waals surface area (Å²) in [7, 11) is 3.13. The highest BCUT2D eigenvalue weighted by molar-refractivity contribution is 6.04. The number of ether oxygens (including phenoxy) is 1. The van der Waals surface area contributed by atoms with Gasteiger partial charge in [0.2, 0.25) is 0 Å². The topological polar surface area (TPSA) is 73.2 Å². The minimum atomic E-state index is -0.342. The highest BCUT2D eigenvalue weighted by atomic mass is 16.5. The van der Waals surface area contributed by atoms with Crippen molar-refractivity contribution >= 4 is 16.7 Å². The van der Waals surface area contributed by atoms with E-state index in [0.29, 0.717) is 16.5 Å². The van der Waals surface area contributed by atoms with Crippen LogP contribution in [-0.4, -0.2) is 22.8 Å². The van der Waals surface area contributed by atoms with Gasteiger partial charge in [-0.25, -0.2) is 4.68 Å². The standard InChI is InChI=1S/C19H19N3O3/c1-12(13-8-6-7-11-16(13)25-3)20-18(23)17-14-9-4-5-10-15(14)19(24)22(2)21-17/h4-12H,1-3H3,(H,20,23). The maximum Gasteiger partial charge on any atom is 0.274 e. The van der Waals surface area contributed by atoms with Crippen LogP contribution in [0.5, 0.6) is 5.75 Å². The average Bonchev–Trinajstić information content (AvgIpc) is 2.64. The lowest BCUT2D eigenvalue weighted by molar-refractivity contribution is 0.0934. The molecule has 2 aromatic carbocycles. The lowest BCUT2D eigenvalue weighted by atomic mass is 10.1. The molecule has 0 spiro atoms. The first kappa shape index (κ1) is 16.7. The summed E-state index contributed by atoms with van der Waals surface area (Å²) in [5, 5.41) is 8.09. The Morgan fingerprint density at radius 3 is 2.48 bits per heavy atom. The van der Waals surface area contributed by atoms with Crippen LogP contribution < -0.4 is 15.6 Å². The molecule has 0 bridgehead atoms. The molecular formula is C19H19N3O3. The molecule has 0 aliphatic heterocycles. The summed E-state index contributed by atoms with van der Waals surface area (Å²) in [6.45, 7) is 1.87. The van der Waals surface area contributed by atoms with Crippen molar-refractivity contribution in [2.75, 3.05) is 7.11 Å². The lowest BCUT2D eigenvalue weighted by Gasteiger charge is -2.17. The van der Waals surface area contributed by atoms with Gasteiger partial charge in [0.1, 0.15) is 5.75 Å². The van der Waals surface area contributed by atoms with Crippen LogP contribution in [0.2, 0.25) is 0 Å². The quantitative estimate of drug-likeness (QED) is 0.793. The van der Waals surface area contributed by atoms with Gasteiger partial charge in [-0.1, -0.05) is 36.4 Å². The van der Waals surface area contributed by atoms with E-state index < -0.39 is 0 Å². The molecule has 0 fully saturated rings. The number of amides is 1. The summed E-state index contributed by atoms with van der Waals surface area (Å²) in [5.41, 5.74) is 0.858. The Labute approximate surface area is 145 Å². The number of hydrogen-bond donors (Lipinski definition) is 1. The van der Waals surface area contributed by atoms with Crippen LogP contribution in [0, 0.1) is 0 Å². The van der Waals surface area contributed by atoms with Gasteiger partial charge in [-0.05, 0) is 19.1 Å². The van der Waals surface area contributed by atoms with Crippen molar-refractivity contribution in [1.29, 1.82) is 0 Å². The van der Waals surface area contributed by atoms with Crippen molar-refractivity contribution in [3.05, 3.63) is 70.1 Å². The first-order chi connectivity index (χ1) is 12.0. The van der Waals surface area contributed by atoms with Crippen molar-refractivity contribution in [1.82, 2.24) is 15.1 Å². The zero-order valence-corrected chi connectivity index (χ0v) is 14.3. The minimum absolute atomic E-state index is 0.222. The number of methoxy groups -OCH3 is 1. The third kappa shape index (κ3) is 3.10. The molecule has 0 saturated heterocycles. The predicted molar refractivity (Wildman–Crippen MR) is 95.9 cm³/mol. The normalized spacial score (nSPS) is 12.0. The number of rotatable bonds is 4. The minimum Gasteiger partial charge on any atom is -0.496 e. The molecule has 1 unspecified atom stereocenters. The van der Waals surface area contributed by atoms with Crippen LogP contribution in [0.4, 0.5) is 0 Å². The highest BCUT2D eigenvalue weighted by Gasteiger charge is 2.19. The molecule has 25 heavy (non-hydrogen) atoms. The number of carbonyl (C=O) groups excluding carboxylic acids is 1. The molecule has 1 N–H and O–H groups in total. The van der Waals surface area contributed by atoms with E-state index in [1.54, 1.807) is 31.4 Å². The number of carbonyl (C=O) groups is 1. The van der Waals surface area contributed by atoms with Gasteiger partial charge >= 0.3 is 0 Å². The Kier molecular flexibility index (Phi) is 4.52. The molecule has 1 aromatic heterocycles. The number of hydrogen-bond acceptors (Lipinski definition) is 4. The zero-order chi connectivity index (χ0) is 18.0. The highest BCUT2D eigenvalue weighted by Crippen LogP contribution is 2.24. The van der Waals surface area contributed by atoms with Crippen LogP contribution in [0.3, 0.4) is 0 Å². The van der Waals surface area contributed by atoms with Gasteiger partial charge in [0.15, 0.2) is 5.69 Å². The van der Waals surface area contributed by atoms with E-state index in [9.17, 15) is 9.59 Å². The third-order valence-electron chi connectivity index (χ3n) is 4.12. The molecule has 128 valence electrons. The summed E-state index contributed by atoms with van der Waals surface area (Å²) in [4.78, 5) is 25.0. The van der Waals surface area contributed by atoms with Crippen LogP contribution in [-0.2, 0) is 7.05 Å². The molecule has 3 aromatic rings. The average molecular weight is 337 g/mol. The van der Waals surface area contributed by atoms with E-state index in [-0.39, 0.29) is 23.2 Å². The van der Waals surface area contributed by atoms with Gasteiger partial charge in [-0.15, -0.1) is 0 Å². The molecular weight excluding hydrogens is 318 g/mol. The van der Waals surface area contributed by atoms with Gasteiger partial charge < -0.3 is 10.1 Å². The molecule has 0 aliphatic rings. The van der Waals surface area contributed by atoms with Crippen molar-refractivity contribution in [3.63, 3.8) is 0 Å². The van der Waals surface area contributed by atoms with E-state index in [2.05, 4.69) is 10.4 Å². The molecule has 3 rings (SSSR count). The summed E-state index contributed by atoms with van der Waals surface area (Å²) in [6.07, 6.45) is 0. The van der Waals surface area contributed by atoms with Crippen molar-refractivity contribution in [2.45, 2.75) is 13.0 Å². The smallest absolute Gasteiger partial charge is 0.274 e. The Bertz CT molecular complexity index is 995. The molecule has 1 amide bonds. The monoisotopic (exact) mass is 337 g/mol. The Morgan fingerprint density at radius 1 is 1.12 bits per heavy atom. The van der Waals surface area contributed by atoms with Crippen LogP contribution in [0.25, 0.3) is 10.8 Å². The van der Waals surface area contributed by atoms with Crippen LogP contribution in [0.15, 0.2) is 53.3 Å². The van der Waals surface area contributed by atoms with Gasteiger partial charge in [0.25, 0.3) is 11.5 Å². The number of aryl methyl sites for hydroxylation is 1. The second kappa shape index (κ2) is 6.76. The Hall–Kier alpha value is -3.15. The second-order valence-electron chi connectivity index (χ2n) is 5.76. The number of fused-ring (bicyclic) bond motifs is 1.